The van der Waals surface area contributed by atoms with Crippen LogP contribution in [0.5, 0.6) is 0 Å². The molecule has 0 saturated carbocycles. The third-order valence-corrected chi connectivity index (χ3v) is 5.88. The summed E-state index contributed by atoms with van der Waals surface area (Å²) in [5.74, 6) is 1.39. The smallest absolute Gasteiger partial charge is 0.125 e. The summed E-state index contributed by atoms with van der Waals surface area (Å²) in [6.07, 6.45) is 6.38. The van der Waals surface area contributed by atoms with Gasteiger partial charge in [-0.1, -0.05) is 33.5 Å². The fourth-order valence-corrected chi connectivity index (χ4v) is 3.81. The number of fused-ring (bicyclic) bond motifs is 1. The molecule has 1 aliphatic carbocycles. The first-order valence-electron chi connectivity index (χ1n) is 10.1. The largest absolute Gasteiger partial charge is 0.127 e. The van der Waals surface area contributed by atoms with E-state index >= 15 is 0 Å². The highest BCUT2D eigenvalue weighted by molar-refractivity contribution is 6.62. The zero-order chi connectivity index (χ0) is 26.1. The Balaban J connectivity index is 2.95. The van der Waals surface area contributed by atoms with Crippen LogP contribution in [0, 0.1) is 12.3 Å². The maximum atomic E-state index is 6.45. The van der Waals surface area contributed by atoms with Crippen LogP contribution in [0.1, 0.15) is 19.3 Å². The molecule has 34 heavy (non-hydrogen) atoms. The maximum Gasteiger partial charge on any atom is 0.125 e. The normalized spacial score (nSPS) is 16.4. The molecule has 0 heterocycles. The van der Waals surface area contributed by atoms with E-state index < -0.39 is 5.82 Å². The Morgan fingerprint density at radius 1 is 0.794 bits per heavy atom. The molecule has 134 valence electrons. The van der Waals surface area contributed by atoms with Crippen LogP contribution in [0.15, 0.2) is 44.9 Å². The van der Waals surface area contributed by atoms with Gasteiger partial charge in [-0.15, -0.1) is 56.8 Å². The highest BCUT2D eigenvalue weighted by atomic mass is 14.2. The van der Waals surface area contributed by atoms with Gasteiger partial charge in [0, 0.05) is 0 Å². The van der Waals surface area contributed by atoms with Crippen LogP contribution in [0.25, 0.3) is 11.1 Å². The van der Waals surface area contributed by atoms with Crippen molar-refractivity contribution in [2.45, 2.75) is 25.1 Å². The Hall–Kier alpha value is -1.74. The fourth-order valence-electron chi connectivity index (χ4n) is 3.81. The molecule has 1 aromatic carbocycles. The SMILES string of the molecule is [B]C(=C)/C([B])=C(/[B])C([B])C1=c2c([B])c([B])c([B])c([B])c2=C(C/C([B])=C([B])\C([B])=C(\[B])C#C)CC1. The van der Waals surface area contributed by atoms with Gasteiger partial charge in [-0.3, -0.25) is 0 Å². The fraction of sp³-hybridized carbons (Fsp3) is 0.182. The first-order valence-corrected chi connectivity index (χ1v) is 10.1. The second kappa shape index (κ2) is 11.3. The Bertz CT molecular complexity index is 1320. The van der Waals surface area contributed by atoms with Gasteiger partial charge in [0.15, 0.2) is 0 Å². The average Bonchev–Trinajstić information content (AvgIpc) is 2.82. The summed E-state index contributed by atoms with van der Waals surface area (Å²) in [6.45, 7) is 3.60. The highest BCUT2D eigenvalue weighted by Gasteiger charge is 2.21. The molecular formula is C22H10B12. The van der Waals surface area contributed by atoms with Crippen LogP contribution in [-0.4, -0.2) is 94.2 Å². The number of benzene rings is 1. The van der Waals surface area contributed by atoms with E-state index in [2.05, 4.69) is 12.5 Å². The molecule has 1 aromatic rings. The van der Waals surface area contributed by atoms with Gasteiger partial charge in [0.25, 0.3) is 0 Å². The minimum Gasteiger partial charge on any atom is -0.127 e. The van der Waals surface area contributed by atoms with Gasteiger partial charge in [0.05, 0.1) is 7.85 Å². The van der Waals surface area contributed by atoms with Crippen molar-refractivity contribution in [1.82, 2.24) is 0 Å². The van der Waals surface area contributed by atoms with Crippen LogP contribution in [0.2, 0.25) is 5.82 Å². The van der Waals surface area contributed by atoms with Crippen molar-refractivity contribution < 1.29 is 0 Å². The van der Waals surface area contributed by atoms with E-state index in [1.165, 1.54) is 0 Å². The molecule has 0 amide bonds. The Kier molecular flexibility index (Phi) is 9.50. The van der Waals surface area contributed by atoms with Crippen LogP contribution < -0.4 is 32.3 Å². The van der Waals surface area contributed by atoms with Crippen molar-refractivity contribution in [2.75, 3.05) is 0 Å². The number of hydrogen-bond donors (Lipinski definition) is 0. The Labute approximate surface area is 219 Å². The number of rotatable bonds is 6. The van der Waals surface area contributed by atoms with E-state index in [-0.39, 0.29) is 66.6 Å². The Morgan fingerprint density at radius 2 is 1.32 bits per heavy atom. The van der Waals surface area contributed by atoms with Gasteiger partial charge in [0.2, 0.25) is 0 Å². The van der Waals surface area contributed by atoms with Crippen molar-refractivity contribution in [1.29, 1.82) is 0 Å². The Morgan fingerprint density at radius 3 is 1.82 bits per heavy atom. The van der Waals surface area contributed by atoms with Crippen molar-refractivity contribution in [3.63, 3.8) is 0 Å². The number of allylic oxidation sites excluding steroid dienone is 7. The third kappa shape index (κ3) is 5.40. The summed E-state index contributed by atoms with van der Waals surface area (Å²) in [5, 5.41) is 1.05. The molecule has 0 fully saturated rings. The zero-order valence-corrected chi connectivity index (χ0v) is 18.9. The van der Waals surface area contributed by atoms with Crippen LogP contribution >= 0.6 is 0 Å². The van der Waals surface area contributed by atoms with E-state index in [0.717, 1.165) is 5.57 Å². The van der Waals surface area contributed by atoms with Gasteiger partial charge in [-0.2, -0.15) is 0 Å². The molecule has 0 saturated heterocycles. The second-order valence-electron chi connectivity index (χ2n) is 7.99. The van der Waals surface area contributed by atoms with E-state index in [1.807, 2.05) is 0 Å². The van der Waals surface area contributed by atoms with E-state index in [9.17, 15) is 0 Å². The minimum atomic E-state index is -0.836. The summed E-state index contributed by atoms with van der Waals surface area (Å²) in [7, 11) is 73.2. The molecule has 0 nitrogen and oxygen atoms in total. The van der Waals surface area contributed by atoms with E-state index in [0.29, 0.717) is 28.9 Å². The number of hydrogen-bond acceptors (Lipinski definition) is 0. The molecule has 0 N–H and O–H groups in total. The lowest BCUT2D eigenvalue weighted by Gasteiger charge is -2.29. The standard InChI is InChI=1S/C22H10B12/c1-3-10(24)16(28)17(29)11(25)6-8-4-5-9(15(27)20(32)14(26)7(2)23)13-12(8)18(30)21(33)22(34)19(13)31/h1,15H,2,4-6H2/b16-10-,17-11-,20-14-. The topological polar surface area (TPSA) is 0 Å². The molecule has 2 rings (SSSR count). The van der Waals surface area contributed by atoms with Crippen molar-refractivity contribution in [3.05, 3.63) is 55.3 Å². The lowest BCUT2D eigenvalue weighted by atomic mass is 9.57. The lowest BCUT2D eigenvalue weighted by Crippen LogP contribution is -2.65. The summed E-state index contributed by atoms with van der Waals surface area (Å²) in [4.78, 5) is 0. The van der Waals surface area contributed by atoms with Crippen molar-refractivity contribution >= 4 is 127 Å². The predicted octanol–water partition coefficient (Wildman–Crippen LogP) is -4.73. The first-order chi connectivity index (χ1) is 15.8. The summed E-state index contributed by atoms with van der Waals surface area (Å²) in [5.41, 5.74) is 2.70. The van der Waals surface area contributed by atoms with Crippen LogP contribution in [0.3, 0.4) is 0 Å². The minimum absolute atomic E-state index is 0.00520. The highest BCUT2D eigenvalue weighted by Crippen LogP contribution is 2.31. The van der Waals surface area contributed by atoms with E-state index in [1.54, 1.807) is 0 Å². The molecule has 1 atom stereocenters. The van der Waals surface area contributed by atoms with Crippen LogP contribution in [0.4, 0.5) is 0 Å². The monoisotopic (exact) mass is 406 g/mol. The molecule has 1 unspecified atom stereocenters. The second-order valence-corrected chi connectivity index (χ2v) is 7.99. The first kappa shape index (κ1) is 28.5. The third-order valence-electron chi connectivity index (χ3n) is 5.88. The van der Waals surface area contributed by atoms with Crippen LogP contribution in [-0.2, 0) is 0 Å². The van der Waals surface area contributed by atoms with Crippen molar-refractivity contribution in [3.8, 4) is 12.3 Å². The number of terminal acetylenes is 1. The molecule has 1 aliphatic rings. The lowest BCUT2D eigenvalue weighted by molar-refractivity contribution is 0.977. The van der Waals surface area contributed by atoms with Crippen molar-refractivity contribution in [2.24, 2.45) is 0 Å². The molecule has 24 radical (unpaired) electrons. The predicted molar refractivity (Wildman–Crippen MR) is 157 cm³/mol. The summed E-state index contributed by atoms with van der Waals surface area (Å²) >= 11 is 0. The molecule has 12 heteroatoms. The van der Waals surface area contributed by atoms with Gasteiger partial charge in [-0.05, 0) is 35.5 Å². The van der Waals surface area contributed by atoms with E-state index in [4.69, 9.17) is 101 Å². The average molecular weight is 404 g/mol. The summed E-state index contributed by atoms with van der Waals surface area (Å²) in [6, 6.07) is 0. The van der Waals surface area contributed by atoms with Gasteiger partial charge in [-0.25, -0.2) is 0 Å². The maximum absolute atomic E-state index is 6.45. The molecule has 0 aliphatic heterocycles. The molecular weight excluding hydrogens is 394 g/mol. The summed E-state index contributed by atoms with van der Waals surface area (Å²) < 4.78 is 0. The molecule has 0 bridgehead atoms. The van der Waals surface area contributed by atoms with Gasteiger partial charge >= 0.3 is 0 Å². The quantitative estimate of drug-likeness (QED) is 0.254. The van der Waals surface area contributed by atoms with Gasteiger partial charge < -0.3 is 0 Å². The molecule has 0 spiro atoms. The van der Waals surface area contributed by atoms with Gasteiger partial charge in [0.1, 0.15) is 86.3 Å². The zero-order valence-electron chi connectivity index (χ0n) is 18.9. The molecule has 0 aromatic heterocycles.